The van der Waals surface area contributed by atoms with Crippen molar-refractivity contribution in [2.75, 3.05) is 26.1 Å². The molecule has 0 radical (unpaired) electrons. The fourth-order valence-corrected chi connectivity index (χ4v) is 2.43. The van der Waals surface area contributed by atoms with Crippen molar-refractivity contribution in [1.82, 2.24) is 0 Å². The van der Waals surface area contributed by atoms with E-state index < -0.39 is 0 Å². The second-order valence-corrected chi connectivity index (χ2v) is 5.39. The molecule has 1 aromatic carbocycles. The summed E-state index contributed by atoms with van der Waals surface area (Å²) in [6.07, 6.45) is 4.96. The topological polar surface area (TPSA) is 30.5 Å². The first-order valence-electron chi connectivity index (χ1n) is 7.31. The molecule has 0 saturated carbocycles. The highest BCUT2D eigenvalue weighted by atomic mass is 35.5. The van der Waals surface area contributed by atoms with Crippen LogP contribution in [0, 0.1) is 5.92 Å². The number of ether oxygens (including phenoxy) is 2. The summed E-state index contributed by atoms with van der Waals surface area (Å²) in [5.74, 6) is 2.10. The zero-order chi connectivity index (χ0) is 15.0. The fraction of sp³-hybridized carbons (Fsp3) is 0.625. The van der Waals surface area contributed by atoms with Gasteiger partial charge < -0.3 is 14.8 Å². The average Bonchev–Trinajstić information content (AvgIpc) is 2.48. The number of anilines is 1. The van der Waals surface area contributed by atoms with E-state index >= 15 is 0 Å². The Morgan fingerprint density at radius 1 is 1.15 bits per heavy atom. The van der Waals surface area contributed by atoms with E-state index in [1.165, 1.54) is 25.7 Å². The molecule has 0 aliphatic carbocycles. The molecule has 0 aliphatic heterocycles. The van der Waals surface area contributed by atoms with Gasteiger partial charge in [0.05, 0.1) is 24.9 Å². The van der Waals surface area contributed by atoms with E-state index in [1.807, 2.05) is 6.07 Å². The molecule has 0 aromatic heterocycles. The first-order valence-corrected chi connectivity index (χ1v) is 7.69. The highest BCUT2D eigenvalue weighted by Gasteiger charge is 2.11. The van der Waals surface area contributed by atoms with E-state index in [1.54, 1.807) is 20.3 Å². The van der Waals surface area contributed by atoms with E-state index in [2.05, 4.69) is 19.2 Å². The van der Waals surface area contributed by atoms with Crippen LogP contribution in [-0.4, -0.2) is 20.8 Å². The van der Waals surface area contributed by atoms with Crippen LogP contribution in [0.5, 0.6) is 11.5 Å². The molecular weight excluding hydrogens is 274 g/mol. The zero-order valence-electron chi connectivity index (χ0n) is 13.0. The van der Waals surface area contributed by atoms with Gasteiger partial charge in [0, 0.05) is 18.7 Å². The Balaban J connectivity index is 2.74. The summed E-state index contributed by atoms with van der Waals surface area (Å²) in [5, 5.41) is 4.03. The molecule has 0 spiro atoms. The summed E-state index contributed by atoms with van der Waals surface area (Å²) in [5.41, 5.74) is 0.934. The molecular formula is C16H26ClNO2. The standard InChI is InChI=1S/C16H26ClNO2/c1-5-7-8-12(6-2)11-18-14-10-15(19-3)13(17)9-16(14)20-4/h9-10,12,18H,5-8,11H2,1-4H3. The lowest BCUT2D eigenvalue weighted by molar-refractivity contribution is 0.404. The van der Waals surface area contributed by atoms with Crippen molar-refractivity contribution >= 4 is 17.3 Å². The number of hydrogen-bond donors (Lipinski definition) is 1. The summed E-state index contributed by atoms with van der Waals surface area (Å²) >= 11 is 6.11. The molecule has 1 unspecified atom stereocenters. The molecule has 0 bridgehead atoms. The molecule has 0 saturated heterocycles. The van der Waals surface area contributed by atoms with E-state index in [4.69, 9.17) is 21.1 Å². The largest absolute Gasteiger partial charge is 0.495 e. The number of benzene rings is 1. The van der Waals surface area contributed by atoms with Gasteiger partial charge in [0.15, 0.2) is 0 Å². The molecule has 4 heteroatoms. The van der Waals surface area contributed by atoms with Crippen molar-refractivity contribution in [2.24, 2.45) is 5.92 Å². The molecule has 3 nitrogen and oxygen atoms in total. The fourth-order valence-electron chi connectivity index (χ4n) is 2.20. The first-order chi connectivity index (χ1) is 9.65. The number of rotatable bonds is 9. The lowest BCUT2D eigenvalue weighted by Gasteiger charge is -2.18. The Morgan fingerprint density at radius 2 is 1.85 bits per heavy atom. The maximum absolute atomic E-state index is 6.11. The smallest absolute Gasteiger partial charge is 0.143 e. The van der Waals surface area contributed by atoms with Crippen LogP contribution < -0.4 is 14.8 Å². The number of methoxy groups -OCH3 is 2. The lowest BCUT2D eigenvalue weighted by atomic mass is 9.99. The van der Waals surface area contributed by atoms with Crippen LogP contribution in [0.15, 0.2) is 12.1 Å². The summed E-state index contributed by atoms with van der Waals surface area (Å²) < 4.78 is 10.6. The van der Waals surface area contributed by atoms with Crippen LogP contribution in [0.2, 0.25) is 5.02 Å². The van der Waals surface area contributed by atoms with Crippen molar-refractivity contribution in [3.05, 3.63) is 17.2 Å². The Kier molecular flexibility index (Phi) is 7.60. The Hall–Kier alpha value is -1.09. The molecule has 1 N–H and O–H groups in total. The molecule has 20 heavy (non-hydrogen) atoms. The van der Waals surface area contributed by atoms with E-state index in [9.17, 15) is 0 Å². The molecule has 1 atom stereocenters. The monoisotopic (exact) mass is 299 g/mol. The maximum atomic E-state index is 6.11. The van der Waals surface area contributed by atoms with Gasteiger partial charge in [-0.1, -0.05) is 44.7 Å². The SMILES string of the molecule is CCCCC(CC)CNc1cc(OC)c(Cl)cc1OC. The van der Waals surface area contributed by atoms with Crippen LogP contribution in [0.3, 0.4) is 0 Å². The predicted octanol–water partition coefficient (Wildman–Crippen LogP) is 4.99. The summed E-state index contributed by atoms with van der Waals surface area (Å²) in [4.78, 5) is 0. The number of unbranched alkanes of at least 4 members (excludes halogenated alkanes) is 1. The molecule has 1 aromatic rings. The quantitative estimate of drug-likeness (QED) is 0.697. The Bertz CT molecular complexity index is 410. The van der Waals surface area contributed by atoms with Gasteiger partial charge in [-0.2, -0.15) is 0 Å². The van der Waals surface area contributed by atoms with Crippen LogP contribution in [-0.2, 0) is 0 Å². The minimum absolute atomic E-state index is 0.563. The van der Waals surface area contributed by atoms with Crippen molar-refractivity contribution in [2.45, 2.75) is 39.5 Å². The number of halogens is 1. The van der Waals surface area contributed by atoms with Gasteiger partial charge in [0.25, 0.3) is 0 Å². The van der Waals surface area contributed by atoms with Crippen LogP contribution >= 0.6 is 11.6 Å². The third-order valence-electron chi connectivity index (χ3n) is 3.60. The van der Waals surface area contributed by atoms with Gasteiger partial charge in [-0.3, -0.25) is 0 Å². The minimum Gasteiger partial charge on any atom is -0.495 e. The minimum atomic E-state index is 0.563. The van der Waals surface area contributed by atoms with Gasteiger partial charge in [-0.05, 0) is 12.3 Å². The third kappa shape index (κ3) is 4.78. The van der Waals surface area contributed by atoms with Gasteiger partial charge >= 0.3 is 0 Å². The summed E-state index contributed by atoms with van der Waals surface area (Å²) in [7, 11) is 3.27. The molecule has 0 aliphatic rings. The van der Waals surface area contributed by atoms with Crippen LogP contribution in [0.4, 0.5) is 5.69 Å². The Labute approximate surface area is 127 Å². The van der Waals surface area contributed by atoms with Gasteiger partial charge in [0.2, 0.25) is 0 Å². The normalized spacial score (nSPS) is 12.1. The average molecular weight is 300 g/mol. The third-order valence-corrected chi connectivity index (χ3v) is 3.89. The van der Waals surface area contributed by atoms with Gasteiger partial charge in [-0.15, -0.1) is 0 Å². The zero-order valence-corrected chi connectivity index (χ0v) is 13.7. The van der Waals surface area contributed by atoms with Gasteiger partial charge in [0.1, 0.15) is 11.5 Å². The molecule has 0 heterocycles. The highest BCUT2D eigenvalue weighted by Crippen LogP contribution is 2.36. The molecule has 1 rings (SSSR count). The highest BCUT2D eigenvalue weighted by molar-refractivity contribution is 6.32. The van der Waals surface area contributed by atoms with E-state index in [0.717, 1.165) is 18.0 Å². The molecule has 0 amide bonds. The number of hydrogen-bond acceptors (Lipinski definition) is 3. The van der Waals surface area contributed by atoms with Gasteiger partial charge in [-0.25, -0.2) is 0 Å². The van der Waals surface area contributed by atoms with Crippen LogP contribution in [0.1, 0.15) is 39.5 Å². The summed E-state index contributed by atoms with van der Waals surface area (Å²) in [6.45, 7) is 5.41. The van der Waals surface area contributed by atoms with Crippen molar-refractivity contribution in [1.29, 1.82) is 0 Å². The van der Waals surface area contributed by atoms with Crippen molar-refractivity contribution in [3.8, 4) is 11.5 Å². The molecule has 114 valence electrons. The maximum Gasteiger partial charge on any atom is 0.143 e. The van der Waals surface area contributed by atoms with Crippen LogP contribution in [0.25, 0.3) is 0 Å². The van der Waals surface area contributed by atoms with E-state index in [0.29, 0.717) is 16.7 Å². The Morgan fingerprint density at radius 3 is 2.40 bits per heavy atom. The number of nitrogens with one attached hydrogen (secondary N) is 1. The molecule has 0 fully saturated rings. The van der Waals surface area contributed by atoms with E-state index in [-0.39, 0.29) is 0 Å². The lowest BCUT2D eigenvalue weighted by Crippen LogP contribution is -2.14. The van der Waals surface area contributed by atoms with Crippen molar-refractivity contribution in [3.63, 3.8) is 0 Å². The van der Waals surface area contributed by atoms with Crippen molar-refractivity contribution < 1.29 is 9.47 Å². The second-order valence-electron chi connectivity index (χ2n) is 4.98. The predicted molar refractivity (Wildman–Crippen MR) is 86.4 cm³/mol. The second kappa shape index (κ2) is 8.96. The first kappa shape index (κ1) is 17.0. The summed E-state index contributed by atoms with van der Waals surface area (Å²) in [6, 6.07) is 3.68.